The standard InChI is InChI=1S/C32H35F3N8O3/c1-29(2,3)46-28(45)41-14-13-19-15-20(11-12-22(19)31(41,6)7)38-27-37-16-21-25(40-27)43(42(26(21)44)18-32(33,34)35)24-10-8-9-23(39-24)30(4,5)17-36/h8-12,15-16H,13-14,18H2,1-7H3,(H,37,38,40). The maximum absolute atomic E-state index is 13.7. The average Bonchev–Trinajstić information content (AvgIpc) is 3.20. The zero-order valence-corrected chi connectivity index (χ0v) is 26.7. The Morgan fingerprint density at radius 3 is 2.48 bits per heavy atom. The van der Waals surface area contributed by atoms with Gasteiger partial charge in [-0.25, -0.2) is 24.1 Å². The van der Waals surface area contributed by atoms with Crippen LogP contribution in [0.5, 0.6) is 0 Å². The molecule has 0 unspecified atom stereocenters. The van der Waals surface area contributed by atoms with Crippen LogP contribution in [0.3, 0.4) is 0 Å². The van der Waals surface area contributed by atoms with Gasteiger partial charge in [-0.1, -0.05) is 12.1 Å². The van der Waals surface area contributed by atoms with Crippen LogP contribution in [-0.4, -0.2) is 53.6 Å². The van der Waals surface area contributed by atoms with Gasteiger partial charge in [-0.3, -0.25) is 9.69 Å². The number of pyridine rings is 1. The van der Waals surface area contributed by atoms with Crippen LogP contribution in [0.15, 0.2) is 47.4 Å². The molecule has 4 heterocycles. The lowest BCUT2D eigenvalue weighted by Gasteiger charge is -2.44. The first-order valence-electron chi connectivity index (χ1n) is 14.7. The number of halogens is 3. The minimum atomic E-state index is -4.72. The number of nitrogens with one attached hydrogen (secondary N) is 1. The van der Waals surface area contributed by atoms with Gasteiger partial charge in [-0.2, -0.15) is 23.4 Å². The fourth-order valence-corrected chi connectivity index (χ4v) is 5.48. The van der Waals surface area contributed by atoms with Crippen LogP contribution in [0.25, 0.3) is 16.9 Å². The number of carbonyl (C=O) groups is 1. The maximum atomic E-state index is 13.7. The number of aromatic nitrogens is 5. The van der Waals surface area contributed by atoms with Gasteiger partial charge in [-0.05, 0) is 90.3 Å². The lowest BCUT2D eigenvalue weighted by atomic mass is 9.83. The van der Waals surface area contributed by atoms with Gasteiger partial charge in [-0.15, -0.1) is 0 Å². The molecule has 1 aliphatic rings. The van der Waals surface area contributed by atoms with Crippen LogP contribution in [0, 0.1) is 11.3 Å². The summed E-state index contributed by atoms with van der Waals surface area (Å²) in [6.07, 6.45) is -3.37. The van der Waals surface area contributed by atoms with E-state index < -0.39 is 40.9 Å². The number of hydrogen-bond acceptors (Lipinski definition) is 8. The van der Waals surface area contributed by atoms with Crippen molar-refractivity contribution >= 4 is 28.8 Å². The Bertz CT molecular complexity index is 1930. The highest BCUT2D eigenvalue weighted by molar-refractivity contribution is 5.77. The van der Waals surface area contributed by atoms with Crippen molar-refractivity contribution in [1.29, 1.82) is 5.26 Å². The minimum Gasteiger partial charge on any atom is -0.444 e. The number of rotatable bonds is 5. The lowest BCUT2D eigenvalue weighted by molar-refractivity contribution is -0.144. The third kappa shape index (κ3) is 6.27. The second kappa shape index (κ2) is 11.1. The summed E-state index contributed by atoms with van der Waals surface area (Å²) in [6.45, 7) is 11.5. The quantitative estimate of drug-likeness (QED) is 0.278. The fourth-order valence-electron chi connectivity index (χ4n) is 5.48. The van der Waals surface area contributed by atoms with Crippen LogP contribution in [0.1, 0.15) is 65.3 Å². The molecule has 1 amide bonds. The van der Waals surface area contributed by atoms with Crippen LogP contribution in [0.4, 0.5) is 29.6 Å². The molecule has 46 heavy (non-hydrogen) atoms. The largest absolute Gasteiger partial charge is 0.444 e. The van der Waals surface area contributed by atoms with Crippen molar-refractivity contribution in [3.05, 3.63) is 69.8 Å². The van der Waals surface area contributed by atoms with Crippen molar-refractivity contribution < 1.29 is 22.7 Å². The average molecular weight is 637 g/mol. The van der Waals surface area contributed by atoms with E-state index >= 15 is 0 Å². The Hall–Kier alpha value is -4.93. The molecule has 0 bridgehead atoms. The van der Waals surface area contributed by atoms with Crippen molar-refractivity contribution in [3.8, 4) is 11.9 Å². The van der Waals surface area contributed by atoms with Gasteiger partial charge in [0.1, 0.15) is 17.5 Å². The van der Waals surface area contributed by atoms with Crippen LogP contribution in [-0.2, 0) is 28.7 Å². The molecule has 5 rings (SSSR count). The monoisotopic (exact) mass is 636 g/mol. The highest BCUT2D eigenvalue weighted by atomic mass is 19.4. The minimum absolute atomic E-state index is 0.00706. The van der Waals surface area contributed by atoms with E-state index in [9.17, 15) is 28.0 Å². The lowest BCUT2D eigenvalue weighted by Crippen LogP contribution is -2.51. The molecule has 4 aromatic rings. The molecule has 0 saturated heterocycles. The number of alkyl halides is 3. The summed E-state index contributed by atoms with van der Waals surface area (Å²) < 4.78 is 48.1. The highest BCUT2D eigenvalue weighted by Gasteiger charge is 2.39. The molecule has 3 aromatic heterocycles. The van der Waals surface area contributed by atoms with Gasteiger partial charge in [0.2, 0.25) is 5.95 Å². The van der Waals surface area contributed by atoms with E-state index in [2.05, 4.69) is 26.3 Å². The topological polar surface area (TPSA) is 131 Å². The third-order valence-corrected chi connectivity index (χ3v) is 7.79. The predicted octanol–water partition coefficient (Wildman–Crippen LogP) is 6.11. The molecular weight excluding hydrogens is 601 g/mol. The van der Waals surface area contributed by atoms with Gasteiger partial charge < -0.3 is 10.1 Å². The zero-order valence-electron chi connectivity index (χ0n) is 26.7. The summed E-state index contributed by atoms with van der Waals surface area (Å²) in [4.78, 5) is 41.0. The number of benzene rings is 1. The van der Waals surface area contributed by atoms with Gasteiger partial charge in [0.25, 0.3) is 5.56 Å². The summed E-state index contributed by atoms with van der Waals surface area (Å²) in [7, 11) is 0. The van der Waals surface area contributed by atoms with Gasteiger partial charge >= 0.3 is 12.3 Å². The number of ether oxygens (including phenoxy) is 1. The molecule has 0 saturated carbocycles. The molecule has 0 radical (unpaired) electrons. The van der Waals surface area contributed by atoms with Crippen molar-refractivity contribution in [2.75, 3.05) is 11.9 Å². The Kier molecular flexibility index (Phi) is 7.87. The van der Waals surface area contributed by atoms with E-state index in [-0.39, 0.29) is 22.8 Å². The number of hydrogen-bond donors (Lipinski definition) is 1. The van der Waals surface area contributed by atoms with E-state index in [0.29, 0.717) is 29.0 Å². The van der Waals surface area contributed by atoms with Crippen molar-refractivity contribution in [2.45, 2.75) is 84.2 Å². The van der Waals surface area contributed by atoms with Gasteiger partial charge in [0.05, 0.1) is 22.7 Å². The van der Waals surface area contributed by atoms with Gasteiger partial charge in [0, 0.05) is 18.4 Å². The number of nitriles is 1. The fraction of sp³-hybridized carbons (Fsp3) is 0.438. The van der Waals surface area contributed by atoms with E-state index in [0.717, 1.165) is 15.8 Å². The molecule has 11 nitrogen and oxygen atoms in total. The number of amides is 1. The summed E-state index contributed by atoms with van der Waals surface area (Å²) in [5, 5.41) is 12.6. The van der Waals surface area contributed by atoms with Crippen molar-refractivity contribution in [2.24, 2.45) is 0 Å². The van der Waals surface area contributed by atoms with Crippen LogP contribution >= 0.6 is 0 Å². The first-order valence-corrected chi connectivity index (χ1v) is 14.7. The van der Waals surface area contributed by atoms with Crippen LogP contribution < -0.4 is 10.9 Å². The van der Waals surface area contributed by atoms with E-state index in [1.807, 2.05) is 46.8 Å². The molecule has 0 fully saturated rings. The van der Waals surface area contributed by atoms with Crippen molar-refractivity contribution in [3.63, 3.8) is 0 Å². The normalized spacial score (nSPS) is 14.9. The molecule has 0 atom stereocenters. The second-order valence-corrected chi connectivity index (χ2v) is 13.3. The number of carbonyl (C=O) groups excluding carboxylic acids is 1. The Morgan fingerprint density at radius 1 is 1.11 bits per heavy atom. The summed E-state index contributed by atoms with van der Waals surface area (Å²) >= 11 is 0. The van der Waals surface area contributed by atoms with E-state index in [1.165, 1.54) is 12.3 Å². The van der Waals surface area contributed by atoms with E-state index in [1.54, 1.807) is 36.9 Å². The van der Waals surface area contributed by atoms with Gasteiger partial charge in [0.15, 0.2) is 11.5 Å². The first-order chi connectivity index (χ1) is 21.3. The smallest absolute Gasteiger partial charge is 0.411 e. The molecule has 1 aromatic carbocycles. The van der Waals surface area contributed by atoms with Crippen molar-refractivity contribution in [1.82, 2.24) is 29.2 Å². The Morgan fingerprint density at radius 2 is 1.83 bits per heavy atom. The highest BCUT2D eigenvalue weighted by Crippen LogP contribution is 2.37. The summed E-state index contributed by atoms with van der Waals surface area (Å²) in [5.41, 5.74) is -0.485. The Labute approximate surface area is 263 Å². The zero-order chi connectivity index (χ0) is 33.8. The molecule has 0 aliphatic carbocycles. The number of nitrogens with zero attached hydrogens (tertiary/aromatic N) is 7. The molecule has 1 aliphatic heterocycles. The van der Waals surface area contributed by atoms with E-state index in [4.69, 9.17) is 4.74 Å². The molecule has 242 valence electrons. The number of anilines is 2. The molecule has 1 N–H and O–H groups in total. The maximum Gasteiger partial charge on any atom is 0.411 e. The number of fused-ring (bicyclic) bond motifs is 2. The first kappa shape index (κ1) is 32.5. The molecule has 14 heteroatoms. The van der Waals surface area contributed by atoms with Crippen LogP contribution in [0.2, 0.25) is 0 Å². The predicted molar refractivity (Wildman–Crippen MR) is 165 cm³/mol. The molecule has 0 spiro atoms. The second-order valence-electron chi connectivity index (χ2n) is 13.3. The third-order valence-electron chi connectivity index (χ3n) is 7.79. The summed E-state index contributed by atoms with van der Waals surface area (Å²) in [5.74, 6) is 0.0386. The SMILES string of the molecule is CC(C)(C)OC(=O)N1CCc2cc(Nc3ncc4c(=O)n(CC(F)(F)F)n(-c5cccc(C(C)(C)C#N)n5)c4n3)ccc2C1(C)C. The Balaban J connectivity index is 1.54. The molecular formula is C32H35F3N8O3. The summed E-state index contributed by atoms with van der Waals surface area (Å²) in [6, 6.07) is 12.3.